The number of carbonyl (C=O) groups is 1. The minimum Gasteiger partial charge on any atom is -0.396 e. The summed E-state index contributed by atoms with van der Waals surface area (Å²) in [5.41, 5.74) is -0.0337. The van der Waals surface area contributed by atoms with E-state index in [0.29, 0.717) is 22.3 Å². The molecule has 2 aromatic rings. The van der Waals surface area contributed by atoms with Gasteiger partial charge in [-0.05, 0) is 24.6 Å². The highest BCUT2D eigenvalue weighted by molar-refractivity contribution is 6.31. The Morgan fingerprint density at radius 2 is 2.25 bits per heavy atom. The number of nitrogens with zero attached hydrogens (tertiary/aromatic N) is 2. The van der Waals surface area contributed by atoms with E-state index in [1.165, 1.54) is 10.7 Å². The highest BCUT2D eigenvalue weighted by Gasteiger charge is 2.16. The Hall–Kier alpha value is -1.92. The maximum atomic E-state index is 12.3. The quantitative estimate of drug-likeness (QED) is 0.813. The molecule has 0 bridgehead atoms. The standard InChI is InChI=1S/C13H14ClN3O3/c1-17-10-4-3-8(14)7-9(10)12(19)11(16-17)13(20)15-5-2-6-18/h3-4,7,18H,2,5-6H2,1H3,(H,15,20). The Balaban J connectivity index is 2.47. The molecule has 0 aliphatic carbocycles. The number of aliphatic hydroxyl groups excluding tert-OH is 1. The topological polar surface area (TPSA) is 84.2 Å². The third-order valence-corrected chi connectivity index (χ3v) is 3.09. The van der Waals surface area contributed by atoms with E-state index in [4.69, 9.17) is 16.7 Å². The minimum atomic E-state index is -0.555. The van der Waals surface area contributed by atoms with Gasteiger partial charge in [-0.15, -0.1) is 0 Å². The molecular weight excluding hydrogens is 282 g/mol. The van der Waals surface area contributed by atoms with Crippen LogP contribution in [-0.2, 0) is 7.05 Å². The molecule has 0 radical (unpaired) electrons. The highest BCUT2D eigenvalue weighted by Crippen LogP contribution is 2.15. The van der Waals surface area contributed by atoms with Crippen molar-refractivity contribution in [2.75, 3.05) is 13.2 Å². The molecule has 0 atom stereocenters. The molecule has 1 aromatic carbocycles. The number of amides is 1. The van der Waals surface area contributed by atoms with Gasteiger partial charge >= 0.3 is 0 Å². The number of carbonyl (C=O) groups excluding carboxylic acids is 1. The van der Waals surface area contributed by atoms with Crippen LogP contribution in [0.15, 0.2) is 23.0 Å². The van der Waals surface area contributed by atoms with Crippen LogP contribution in [-0.4, -0.2) is 33.9 Å². The fourth-order valence-electron chi connectivity index (χ4n) is 1.86. The van der Waals surface area contributed by atoms with Crippen molar-refractivity contribution in [2.45, 2.75) is 6.42 Å². The van der Waals surface area contributed by atoms with Gasteiger partial charge in [0.2, 0.25) is 5.43 Å². The van der Waals surface area contributed by atoms with Gasteiger partial charge in [-0.1, -0.05) is 11.6 Å². The molecule has 20 heavy (non-hydrogen) atoms. The predicted octanol–water partition coefficient (Wildman–Crippen LogP) is 0.699. The lowest BCUT2D eigenvalue weighted by Crippen LogP contribution is -2.32. The second-order valence-electron chi connectivity index (χ2n) is 4.30. The average molecular weight is 296 g/mol. The van der Waals surface area contributed by atoms with Crippen molar-refractivity contribution < 1.29 is 9.90 Å². The number of aliphatic hydroxyl groups is 1. The zero-order valence-electron chi connectivity index (χ0n) is 10.9. The van der Waals surface area contributed by atoms with Crippen LogP contribution >= 0.6 is 11.6 Å². The fourth-order valence-corrected chi connectivity index (χ4v) is 2.03. The number of rotatable bonds is 4. The van der Waals surface area contributed by atoms with Crippen molar-refractivity contribution >= 4 is 28.4 Å². The number of hydrogen-bond donors (Lipinski definition) is 2. The van der Waals surface area contributed by atoms with Crippen LogP contribution in [0.3, 0.4) is 0 Å². The number of benzene rings is 1. The summed E-state index contributed by atoms with van der Waals surface area (Å²) >= 11 is 5.88. The molecule has 7 heteroatoms. The monoisotopic (exact) mass is 295 g/mol. The van der Waals surface area contributed by atoms with Gasteiger partial charge in [0.25, 0.3) is 5.91 Å². The van der Waals surface area contributed by atoms with Crippen molar-refractivity contribution in [1.29, 1.82) is 0 Å². The summed E-state index contributed by atoms with van der Waals surface area (Å²) in [6.45, 7) is 0.257. The predicted molar refractivity (Wildman–Crippen MR) is 76.0 cm³/mol. The number of aryl methyl sites for hydroxylation is 1. The summed E-state index contributed by atoms with van der Waals surface area (Å²) in [6, 6.07) is 4.86. The van der Waals surface area contributed by atoms with Crippen LogP contribution in [0, 0.1) is 0 Å². The maximum absolute atomic E-state index is 12.3. The number of nitrogens with one attached hydrogen (secondary N) is 1. The highest BCUT2D eigenvalue weighted by atomic mass is 35.5. The van der Waals surface area contributed by atoms with Crippen LogP contribution in [0.1, 0.15) is 16.9 Å². The molecule has 0 fully saturated rings. The van der Waals surface area contributed by atoms with E-state index < -0.39 is 11.3 Å². The van der Waals surface area contributed by atoms with Crippen LogP contribution in [0.2, 0.25) is 5.02 Å². The SMILES string of the molecule is Cn1nc(C(=O)NCCCO)c(=O)c2cc(Cl)ccc21. The van der Waals surface area contributed by atoms with Gasteiger partial charge in [-0.2, -0.15) is 5.10 Å². The van der Waals surface area contributed by atoms with Crippen LogP contribution in [0.5, 0.6) is 0 Å². The Bertz CT molecular complexity index is 712. The average Bonchev–Trinajstić information content (AvgIpc) is 2.42. The van der Waals surface area contributed by atoms with Gasteiger partial charge in [0, 0.05) is 25.2 Å². The lowest BCUT2D eigenvalue weighted by atomic mass is 10.2. The van der Waals surface area contributed by atoms with E-state index in [1.807, 2.05) is 0 Å². The van der Waals surface area contributed by atoms with Gasteiger partial charge in [-0.25, -0.2) is 0 Å². The smallest absolute Gasteiger partial charge is 0.275 e. The van der Waals surface area contributed by atoms with Gasteiger partial charge < -0.3 is 10.4 Å². The largest absolute Gasteiger partial charge is 0.396 e. The van der Waals surface area contributed by atoms with Gasteiger partial charge in [0.15, 0.2) is 5.69 Å². The summed E-state index contributed by atoms with van der Waals surface area (Å²) in [7, 11) is 1.65. The summed E-state index contributed by atoms with van der Waals surface area (Å²) in [4.78, 5) is 24.2. The molecular formula is C13H14ClN3O3. The zero-order valence-corrected chi connectivity index (χ0v) is 11.6. The summed E-state index contributed by atoms with van der Waals surface area (Å²) in [6.07, 6.45) is 0.422. The molecule has 0 saturated carbocycles. The first-order valence-corrected chi connectivity index (χ1v) is 6.48. The van der Waals surface area contributed by atoms with E-state index in [-0.39, 0.29) is 18.8 Å². The molecule has 1 heterocycles. The van der Waals surface area contributed by atoms with Crippen molar-refractivity contribution in [3.8, 4) is 0 Å². The number of aromatic nitrogens is 2. The molecule has 1 aromatic heterocycles. The van der Waals surface area contributed by atoms with Crippen molar-refractivity contribution in [2.24, 2.45) is 7.05 Å². The van der Waals surface area contributed by atoms with Crippen LogP contribution in [0.4, 0.5) is 0 Å². The van der Waals surface area contributed by atoms with Gasteiger partial charge in [0.05, 0.1) is 10.9 Å². The van der Waals surface area contributed by atoms with Crippen molar-refractivity contribution in [1.82, 2.24) is 15.1 Å². The van der Waals surface area contributed by atoms with Crippen molar-refractivity contribution in [3.63, 3.8) is 0 Å². The first-order valence-electron chi connectivity index (χ1n) is 6.10. The molecule has 0 spiro atoms. The molecule has 1 amide bonds. The lowest BCUT2D eigenvalue weighted by molar-refractivity contribution is 0.0943. The van der Waals surface area contributed by atoms with Crippen LogP contribution in [0.25, 0.3) is 10.9 Å². The first-order chi connectivity index (χ1) is 9.54. The Morgan fingerprint density at radius 1 is 1.50 bits per heavy atom. The number of hydrogen-bond acceptors (Lipinski definition) is 4. The second-order valence-corrected chi connectivity index (χ2v) is 4.73. The molecule has 0 aliphatic rings. The molecule has 0 saturated heterocycles. The number of fused-ring (bicyclic) bond motifs is 1. The zero-order chi connectivity index (χ0) is 14.7. The summed E-state index contributed by atoms with van der Waals surface area (Å²) < 4.78 is 1.47. The second kappa shape index (κ2) is 6.02. The molecule has 6 nitrogen and oxygen atoms in total. The van der Waals surface area contributed by atoms with E-state index in [2.05, 4.69) is 10.4 Å². The van der Waals surface area contributed by atoms with E-state index in [1.54, 1.807) is 19.2 Å². The molecule has 0 unspecified atom stereocenters. The van der Waals surface area contributed by atoms with Crippen molar-refractivity contribution in [3.05, 3.63) is 39.1 Å². The van der Waals surface area contributed by atoms with E-state index in [0.717, 1.165) is 0 Å². The molecule has 106 valence electrons. The van der Waals surface area contributed by atoms with E-state index >= 15 is 0 Å². The summed E-state index contributed by atoms with van der Waals surface area (Å²) in [5, 5.41) is 16.0. The van der Waals surface area contributed by atoms with Gasteiger partial charge in [0.1, 0.15) is 0 Å². The van der Waals surface area contributed by atoms with Gasteiger partial charge in [-0.3, -0.25) is 14.3 Å². The Labute approximate surface area is 120 Å². The molecule has 2 N–H and O–H groups in total. The Morgan fingerprint density at radius 3 is 2.95 bits per heavy atom. The van der Waals surface area contributed by atoms with Crippen LogP contribution < -0.4 is 10.7 Å². The normalized spacial score (nSPS) is 10.8. The number of halogens is 1. The third-order valence-electron chi connectivity index (χ3n) is 2.85. The van der Waals surface area contributed by atoms with E-state index in [9.17, 15) is 9.59 Å². The Kier molecular flexibility index (Phi) is 4.36. The fraction of sp³-hybridized carbons (Fsp3) is 0.308. The molecule has 0 aliphatic heterocycles. The first kappa shape index (κ1) is 14.5. The molecule has 2 rings (SSSR count). The maximum Gasteiger partial charge on any atom is 0.275 e. The third kappa shape index (κ3) is 2.81. The lowest BCUT2D eigenvalue weighted by Gasteiger charge is -2.08. The minimum absolute atomic E-state index is 0.0287. The summed E-state index contributed by atoms with van der Waals surface area (Å²) in [5.74, 6) is -0.555.